The molecule has 0 aliphatic heterocycles. The minimum atomic E-state index is -0.146. The van der Waals surface area contributed by atoms with Gasteiger partial charge in [0.25, 0.3) is 5.91 Å². The average Bonchev–Trinajstić information content (AvgIpc) is 2.33. The smallest absolute Gasteiger partial charge is 0.270 e. The molecule has 0 spiro atoms. The monoisotopic (exact) mass is 265 g/mol. The minimum Gasteiger partial charge on any atom is -0.351 e. The van der Waals surface area contributed by atoms with Gasteiger partial charge in [0.05, 0.1) is 0 Å². The Hall–Kier alpha value is -1.69. The second-order valence-electron chi connectivity index (χ2n) is 5.00. The van der Waals surface area contributed by atoms with Crippen LogP contribution in [0.4, 0.5) is 5.95 Å². The lowest BCUT2D eigenvalue weighted by Crippen LogP contribution is -2.28. The van der Waals surface area contributed by atoms with Crippen molar-refractivity contribution in [3.8, 4) is 0 Å². The number of nitrogens with one attached hydrogen (secondary N) is 1. The van der Waals surface area contributed by atoms with E-state index in [1.165, 1.54) is 0 Å². The summed E-state index contributed by atoms with van der Waals surface area (Å²) in [5, 5.41) is 2.87. The van der Waals surface area contributed by atoms with Crippen molar-refractivity contribution in [1.82, 2.24) is 20.2 Å². The number of amides is 1. The third-order valence-corrected chi connectivity index (χ3v) is 2.54. The molecule has 1 aromatic rings. The van der Waals surface area contributed by atoms with Crippen molar-refractivity contribution in [1.29, 1.82) is 0 Å². The molecule has 0 fully saturated rings. The van der Waals surface area contributed by atoms with E-state index in [0.717, 1.165) is 18.7 Å². The summed E-state index contributed by atoms with van der Waals surface area (Å²) in [6.45, 7) is 3.46. The van der Waals surface area contributed by atoms with E-state index < -0.39 is 0 Å². The molecule has 6 heteroatoms. The second kappa shape index (κ2) is 7.04. The summed E-state index contributed by atoms with van der Waals surface area (Å²) in [5.41, 5.74) is 1.21. The Labute approximate surface area is 114 Å². The first-order chi connectivity index (χ1) is 8.90. The molecule has 0 aliphatic carbocycles. The van der Waals surface area contributed by atoms with Gasteiger partial charge in [0.15, 0.2) is 0 Å². The zero-order chi connectivity index (χ0) is 14.4. The average molecular weight is 265 g/mol. The number of carbonyl (C=O) groups is 1. The number of nitrogens with zero attached hydrogens (tertiary/aromatic N) is 4. The third kappa shape index (κ3) is 5.21. The molecule has 0 aromatic carbocycles. The number of carbonyl (C=O) groups excluding carboxylic acids is 1. The Morgan fingerprint density at radius 3 is 2.53 bits per heavy atom. The number of hydrogen-bond acceptors (Lipinski definition) is 5. The van der Waals surface area contributed by atoms with Gasteiger partial charge < -0.3 is 15.1 Å². The van der Waals surface area contributed by atoms with Crippen molar-refractivity contribution in [3.05, 3.63) is 17.5 Å². The van der Waals surface area contributed by atoms with E-state index in [-0.39, 0.29) is 5.91 Å². The molecule has 0 saturated heterocycles. The quantitative estimate of drug-likeness (QED) is 0.760. The van der Waals surface area contributed by atoms with E-state index in [9.17, 15) is 4.79 Å². The van der Waals surface area contributed by atoms with Gasteiger partial charge in [-0.05, 0) is 40.1 Å². The summed E-state index contributed by atoms with van der Waals surface area (Å²) < 4.78 is 0. The minimum absolute atomic E-state index is 0.146. The van der Waals surface area contributed by atoms with E-state index in [0.29, 0.717) is 18.2 Å². The molecular weight excluding hydrogens is 242 g/mol. The molecule has 0 unspecified atom stereocenters. The summed E-state index contributed by atoms with van der Waals surface area (Å²) in [4.78, 5) is 24.4. The molecule has 19 heavy (non-hydrogen) atoms. The largest absolute Gasteiger partial charge is 0.351 e. The van der Waals surface area contributed by atoms with Crippen molar-refractivity contribution in [2.75, 3.05) is 46.2 Å². The van der Waals surface area contributed by atoms with Crippen LogP contribution >= 0.6 is 0 Å². The van der Waals surface area contributed by atoms with Gasteiger partial charge in [0.2, 0.25) is 5.95 Å². The predicted octanol–water partition coefficient (Wildman–Crippen LogP) is 0.533. The van der Waals surface area contributed by atoms with Crippen molar-refractivity contribution in [2.45, 2.75) is 13.3 Å². The molecule has 6 nitrogen and oxygen atoms in total. The van der Waals surface area contributed by atoms with Crippen LogP contribution in [0.5, 0.6) is 0 Å². The molecule has 1 amide bonds. The predicted molar refractivity (Wildman–Crippen MR) is 76.6 cm³/mol. The maximum absolute atomic E-state index is 12.0. The van der Waals surface area contributed by atoms with E-state index in [1.807, 2.05) is 35.1 Å². The van der Waals surface area contributed by atoms with E-state index >= 15 is 0 Å². The highest BCUT2D eigenvalue weighted by Gasteiger charge is 2.10. The first-order valence-corrected chi connectivity index (χ1v) is 6.36. The van der Waals surface area contributed by atoms with E-state index in [2.05, 4.69) is 20.2 Å². The van der Waals surface area contributed by atoms with Gasteiger partial charge in [-0.2, -0.15) is 0 Å². The standard InChI is InChI=1S/C13H23N5O/c1-10-9-11(16-13(15-10)18(4)5)12(19)14-7-6-8-17(2)3/h9H,6-8H2,1-5H3,(H,14,19). The van der Waals surface area contributed by atoms with Crippen LogP contribution < -0.4 is 10.2 Å². The summed E-state index contributed by atoms with van der Waals surface area (Å²) >= 11 is 0. The summed E-state index contributed by atoms with van der Waals surface area (Å²) in [6, 6.07) is 1.70. The maximum atomic E-state index is 12.0. The molecule has 1 heterocycles. The molecule has 1 N–H and O–H groups in total. The fourth-order valence-corrected chi connectivity index (χ4v) is 1.56. The number of aromatic nitrogens is 2. The third-order valence-electron chi connectivity index (χ3n) is 2.54. The Morgan fingerprint density at radius 1 is 1.26 bits per heavy atom. The Bertz CT molecular complexity index is 431. The molecule has 0 atom stereocenters. The fourth-order valence-electron chi connectivity index (χ4n) is 1.56. The second-order valence-corrected chi connectivity index (χ2v) is 5.00. The molecule has 0 saturated carbocycles. The van der Waals surface area contributed by atoms with E-state index in [1.54, 1.807) is 11.0 Å². The molecule has 0 radical (unpaired) electrons. The zero-order valence-electron chi connectivity index (χ0n) is 12.4. The van der Waals surface area contributed by atoms with Crippen LogP contribution in [-0.2, 0) is 0 Å². The van der Waals surface area contributed by atoms with Gasteiger partial charge >= 0.3 is 0 Å². The van der Waals surface area contributed by atoms with Gasteiger partial charge in [0, 0.05) is 26.3 Å². The van der Waals surface area contributed by atoms with Crippen molar-refractivity contribution < 1.29 is 4.79 Å². The number of aryl methyl sites for hydroxylation is 1. The Balaban J connectivity index is 2.61. The topological polar surface area (TPSA) is 61.4 Å². The van der Waals surface area contributed by atoms with Crippen molar-refractivity contribution in [2.24, 2.45) is 0 Å². The lowest BCUT2D eigenvalue weighted by molar-refractivity contribution is 0.0947. The number of rotatable bonds is 6. The van der Waals surface area contributed by atoms with Crippen molar-refractivity contribution in [3.63, 3.8) is 0 Å². The van der Waals surface area contributed by atoms with Gasteiger partial charge in [-0.3, -0.25) is 4.79 Å². The van der Waals surface area contributed by atoms with Crippen molar-refractivity contribution >= 4 is 11.9 Å². The highest BCUT2D eigenvalue weighted by atomic mass is 16.1. The fraction of sp³-hybridized carbons (Fsp3) is 0.615. The van der Waals surface area contributed by atoms with Crippen LogP contribution in [0.2, 0.25) is 0 Å². The molecule has 0 bridgehead atoms. The highest BCUT2D eigenvalue weighted by Crippen LogP contribution is 2.07. The lowest BCUT2D eigenvalue weighted by atomic mass is 10.3. The SMILES string of the molecule is Cc1cc(C(=O)NCCCN(C)C)nc(N(C)C)n1. The van der Waals surface area contributed by atoms with Gasteiger partial charge in [-0.25, -0.2) is 9.97 Å². The number of anilines is 1. The number of hydrogen-bond donors (Lipinski definition) is 1. The zero-order valence-corrected chi connectivity index (χ0v) is 12.4. The summed E-state index contributed by atoms with van der Waals surface area (Å²) in [7, 11) is 7.74. The first-order valence-electron chi connectivity index (χ1n) is 6.36. The summed E-state index contributed by atoms with van der Waals surface area (Å²) in [5.74, 6) is 0.408. The first kappa shape index (κ1) is 15.4. The van der Waals surface area contributed by atoms with Crippen LogP contribution in [0.1, 0.15) is 22.6 Å². The maximum Gasteiger partial charge on any atom is 0.270 e. The summed E-state index contributed by atoms with van der Waals surface area (Å²) in [6.07, 6.45) is 0.920. The highest BCUT2D eigenvalue weighted by molar-refractivity contribution is 5.92. The van der Waals surface area contributed by atoms with Crippen LogP contribution in [0.3, 0.4) is 0 Å². The molecule has 1 aromatic heterocycles. The van der Waals surface area contributed by atoms with Gasteiger partial charge in [0.1, 0.15) is 5.69 Å². The van der Waals surface area contributed by atoms with E-state index in [4.69, 9.17) is 0 Å². The van der Waals surface area contributed by atoms with Crippen LogP contribution in [0.15, 0.2) is 6.07 Å². The Kier molecular flexibility index (Phi) is 5.69. The normalized spacial score (nSPS) is 10.6. The molecular formula is C13H23N5O. The van der Waals surface area contributed by atoms with Crippen LogP contribution in [0.25, 0.3) is 0 Å². The Morgan fingerprint density at radius 2 is 1.95 bits per heavy atom. The molecule has 106 valence electrons. The van der Waals surface area contributed by atoms with Gasteiger partial charge in [-0.1, -0.05) is 0 Å². The van der Waals surface area contributed by atoms with Crippen LogP contribution in [0, 0.1) is 6.92 Å². The van der Waals surface area contributed by atoms with Gasteiger partial charge in [-0.15, -0.1) is 0 Å². The molecule has 0 aliphatic rings. The molecule has 1 rings (SSSR count). The van der Waals surface area contributed by atoms with Crippen LogP contribution in [-0.4, -0.2) is 62.1 Å². The lowest BCUT2D eigenvalue weighted by Gasteiger charge is -2.13.